The van der Waals surface area contributed by atoms with E-state index in [1.54, 1.807) is 36.4 Å². The van der Waals surface area contributed by atoms with Crippen molar-refractivity contribution in [2.75, 3.05) is 32.6 Å². The molecule has 0 aliphatic rings. The number of ether oxygens (including phenoxy) is 2. The van der Waals surface area contributed by atoms with Crippen LogP contribution < -0.4 is 14.8 Å². The predicted octanol–water partition coefficient (Wildman–Crippen LogP) is 1.20. The van der Waals surface area contributed by atoms with Gasteiger partial charge in [0.05, 0.1) is 4.90 Å². The fourth-order valence-electron chi connectivity index (χ4n) is 2.09. The van der Waals surface area contributed by atoms with Crippen LogP contribution in [0, 0.1) is 0 Å². The summed E-state index contributed by atoms with van der Waals surface area (Å²) in [5.74, 6) is 1.34. The molecule has 0 radical (unpaired) electrons. The highest BCUT2D eigenvalue weighted by Gasteiger charge is 2.08. The van der Waals surface area contributed by atoms with Crippen LogP contribution in [0.25, 0.3) is 0 Å². The van der Waals surface area contributed by atoms with Gasteiger partial charge in [0.2, 0.25) is 0 Å². The molecule has 0 fully saturated rings. The predicted molar refractivity (Wildman–Crippen MR) is 97.5 cm³/mol. The topological polar surface area (TPSA) is 105 Å². The number of benzene rings is 2. The van der Waals surface area contributed by atoms with Gasteiger partial charge in [-0.1, -0.05) is 0 Å². The van der Waals surface area contributed by atoms with E-state index >= 15 is 0 Å². The van der Waals surface area contributed by atoms with Gasteiger partial charge < -0.3 is 25.0 Å². The molecule has 0 aromatic heterocycles. The van der Waals surface area contributed by atoms with Crippen molar-refractivity contribution in [2.45, 2.75) is 11.0 Å². The van der Waals surface area contributed by atoms with E-state index in [0.717, 1.165) is 6.26 Å². The molecule has 0 spiro atoms. The minimum Gasteiger partial charge on any atom is -0.508 e. The first-order chi connectivity index (χ1) is 12.3. The standard InChI is InChI=1S/C18H23NO6S/c1-26(22,23)18-8-6-17(7-9-18)25-13-15(21)12-19-10-11-24-16-4-2-14(20)3-5-16/h2-9,15,19-21H,10-13H2,1H3. The van der Waals surface area contributed by atoms with Gasteiger partial charge in [0, 0.05) is 19.3 Å². The normalized spacial score (nSPS) is 12.5. The van der Waals surface area contributed by atoms with E-state index in [1.807, 2.05) is 0 Å². The highest BCUT2D eigenvalue weighted by molar-refractivity contribution is 7.90. The Hall–Kier alpha value is -2.29. The molecule has 0 aliphatic heterocycles. The molecule has 26 heavy (non-hydrogen) atoms. The smallest absolute Gasteiger partial charge is 0.175 e. The Morgan fingerprint density at radius 2 is 1.58 bits per heavy atom. The van der Waals surface area contributed by atoms with Crippen LogP contribution in [-0.2, 0) is 9.84 Å². The van der Waals surface area contributed by atoms with Gasteiger partial charge >= 0.3 is 0 Å². The van der Waals surface area contributed by atoms with E-state index in [9.17, 15) is 18.6 Å². The molecule has 1 atom stereocenters. The van der Waals surface area contributed by atoms with Crippen molar-refractivity contribution in [3.05, 3.63) is 48.5 Å². The number of sulfone groups is 1. The van der Waals surface area contributed by atoms with Gasteiger partial charge in [0.25, 0.3) is 0 Å². The van der Waals surface area contributed by atoms with Crippen molar-refractivity contribution >= 4 is 9.84 Å². The molecule has 0 aliphatic carbocycles. The van der Waals surface area contributed by atoms with Crippen molar-refractivity contribution < 1.29 is 28.1 Å². The van der Waals surface area contributed by atoms with Crippen molar-refractivity contribution in [2.24, 2.45) is 0 Å². The van der Waals surface area contributed by atoms with E-state index in [0.29, 0.717) is 31.2 Å². The third-order valence-electron chi connectivity index (χ3n) is 3.46. The largest absolute Gasteiger partial charge is 0.508 e. The summed E-state index contributed by atoms with van der Waals surface area (Å²) in [4.78, 5) is 0.223. The molecule has 0 saturated heterocycles. The van der Waals surface area contributed by atoms with E-state index < -0.39 is 15.9 Å². The molecule has 2 aromatic rings. The molecule has 0 heterocycles. The Labute approximate surface area is 153 Å². The molecular weight excluding hydrogens is 358 g/mol. The zero-order chi connectivity index (χ0) is 19.0. The second-order valence-corrected chi connectivity index (χ2v) is 7.77. The summed E-state index contributed by atoms with van der Waals surface area (Å²) in [6.45, 7) is 1.39. The Bertz CT molecular complexity index is 774. The number of rotatable bonds is 10. The zero-order valence-electron chi connectivity index (χ0n) is 14.5. The van der Waals surface area contributed by atoms with Crippen LogP contribution >= 0.6 is 0 Å². The lowest BCUT2D eigenvalue weighted by atomic mass is 10.3. The van der Waals surface area contributed by atoms with Gasteiger partial charge in [-0.15, -0.1) is 0 Å². The number of hydrogen-bond donors (Lipinski definition) is 3. The highest BCUT2D eigenvalue weighted by Crippen LogP contribution is 2.16. The summed E-state index contributed by atoms with van der Waals surface area (Å²) in [5, 5.41) is 22.1. The zero-order valence-corrected chi connectivity index (χ0v) is 15.3. The quantitative estimate of drug-likeness (QED) is 0.531. The number of hydrogen-bond acceptors (Lipinski definition) is 7. The molecule has 1 unspecified atom stereocenters. The lowest BCUT2D eigenvalue weighted by Crippen LogP contribution is -2.33. The maximum Gasteiger partial charge on any atom is 0.175 e. The van der Waals surface area contributed by atoms with Crippen molar-refractivity contribution in [3.63, 3.8) is 0 Å². The molecule has 7 nitrogen and oxygen atoms in total. The maximum absolute atomic E-state index is 11.4. The molecule has 0 saturated carbocycles. The molecule has 0 amide bonds. The molecule has 142 valence electrons. The van der Waals surface area contributed by atoms with E-state index in [2.05, 4.69) is 5.32 Å². The van der Waals surface area contributed by atoms with Crippen LogP contribution in [0.3, 0.4) is 0 Å². The number of aromatic hydroxyl groups is 1. The summed E-state index contributed by atoms with van der Waals surface area (Å²) >= 11 is 0. The molecule has 0 bridgehead atoms. The van der Waals surface area contributed by atoms with E-state index in [1.165, 1.54) is 12.1 Å². The molecule has 3 N–H and O–H groups in total. The number of aliphatic hydroxyl groups is 1. The van der Waals surface area contributed by atoms with Crippen LogP contribution in [0.5, 0.6) is 17.2 Å². The number of phenols is 1. The van der Waals surface area contributed by atoms with Gasteiger partial charge in [0.15, 0.2) is 9.84 Å². The van der Waals surface area contributed by atoms with Gasteiger partial charge in [-0.05, 0) is 48.5 Å². The monoisotopic (exact) mass is 381 g/mol. The summed E-state index contributed by atoms with van der Waals surface area (Å²) in [5.41, 5.74) is 0. The lowest BCUT2D eigenvalue weighted by Gasteiger charge is -2.14. The average Bonchev–Trinajstić information content (AvgIpc) is 2.61. The van der Waals surface area contributed by atoms with Crippen molar-refractivity contribution in [3.8, 4) is 17.2 Å². The summed E-state index contributed by atoms with van der Waals surface area (Å²) in [6.07, 6.45) is 0.433. The number of phenolic OH excluding ortho intramolecular Hbond substituents is 1. The van der Waals surface area contributed by atoms with Crippen molar-refractivity contribution in [1.29, 1.82) is 0 Å². The third-order valence-corrected chi connectivity index (χ3v) is 4.59. The van der Waals surface area contributed by atoms with E-state index in [-0.39, 0.29) is 17.3 Å². The SMILES string of the molecule is CS(=O)(=O)c1ccc(OCC(O)CNCCOc2ccc(O)cc2)cc1. The van der Waals surface area contributed by atoms with Crippen LogP contribution in [0.4, 0.5) is 0 Å². The Morgan fingerprint density at radius 3 is 2.19 bits per heavy atom. The van der Waals surface area contributed by atoms with E-state index in [4.69, 9.17) is 9.47 Å². The van der Waals surface area contributed by atoms with Gasteiger partial charge in [-0.2, -0.15) is 0 Å². The second kappa shape index (κ2) is 9.42. The Balaban J connectivity index is 1.61. The fourth-order valence-corrected chi connectivity index (χ4v) is 2.72. The van der Waals surface area contributed by atoms with Gasteiger partial charge in [-0.25, -0.2) is 8.42 Å². The number of nitrogens with one attached hydrogen (secondary N) is 1. The maximum atomic E-state index is 11.4. The van der Waals surface area contributed by atoms with Crippen LogP contribution in [0.1, 0.15) is 0 Å². The second-order valence-electron chi connectivity index (χ2n) is 5.75. The van der Waals surface area contributed by atoms with Gasteiger partial charge in [-0.3, -0.25) is 0 Å². The third kappa shape index (κ3) is 6.91. The van der Waals surface area contributed by atoms with Crippen LogP contribution in [0.15, 0.2) is 53.4 Å². The van der Waals surface area contributed by atoms with Crippen LogP contribution in [-0.4, -0.2) is 57.3 Å². The first kappa shape index (κ1) is 20.0. The van der Waals surface area contributed by atoms with Crippen molar-refractivity contribution in [1.82, 2.24) is 5.32 Å². The molecule has 8 heteroatoms. The summed E-state index contributed by atoms with van der Waals surface area (Å²) in [6, 6.07) is 12.5. The van der Waals surface area contributed by atoms with Crippen LogP contribution in [0.2, 0.25) is 0 Å². The first-order valence-corrected chi connectivity index (χ1v) is 9.97. The molecule has 2 rings (SSSR count). The first-order valence-electron chi connectivity index (χ1n) is 8.08. The Morgan fingerprint density at radius 1 is 1.00 bits per heavy atom. The summed E-state index contributed by atoms with van der Waals surface area (Å²) in [7, 11) is -3.23. The fraction of sp³-hybridized carbons (Fsp3) is 0.333. The number of aliphatic hydroxyl groups excluding tert-OH is 1. The highest BCUT2D eigenvalue weighted by atomic mass is 32.2. The lowest BCUT2D eigenvalue weighted by molar-refractivity contribution is 0.105. The minimum atomic E-state index is -3.23. The summed E-state index contributed by atoms with van der Waals surface area (Å²) < 4.78 is 33.7. The minimum absolute atomic E-state index is 0.0873. The molecule has 2 aromatic carbocycles. The average molecular weight is 381 g/mol. The Kier molecular flexibility index (Phi) is 7.26. The molecular formula is C18H23NO6S. The van der Waals surface area contributed by atoms with Gasteiger partial charge in [0.1, 0.15) is 36.6 Å².